The van der Waals surface area contributed by atoms with Gasteiger partial charge >= 0.3 is 6.09 Å². The number of carbonyl (C=O) groups excluding carboxylic acids is 1. The number of hydrogen-bond donors (Lipinski definition) is 1. The summed E-state index contributed by atoms with van der Waals surface area (Å²) < 4.78 is 5.38. The lowest BCUT2D eigenvalue weighted by molar-refractivity contribution is 0.0515. The first-order valence-electron chi connectivity index (χ1n) is 7.32. The lowest BCUT2D eigenvalue weighted by atomic mass is 9.98. The van der Waals surface area contributed by atoms with Gasteiger partial charge < -0.3 is 14.7 Å². The number of likely N-dealkylation sites (tertiary alicyclic amines) is 1. The Morgan fingerprint density at radius 3 is 2.85 bits per heavy atom. The fourth-order valence-corrected chi connectivity index (χ4v) is 2.68. The molecule has 0 spiro atoms. The molecular weight excluding hydrogens is 254 g/mol. The molecule has 2 atom stereocenters. The molecule has 1 aromatic carbocycles. The fourth-order valence-electron chi connectivity index (χ4n) is 2.68. The van der Waals surface area contributed by atoms with Gasteiger partial charge in [0.2, 0.25) is 0 Å². The van der Waals surface area contributed by atoms with Gasteiger partial charge in [-0.15, -0.1) is 0 Å². The van der Waals surface area contributed by atoms with Crippen LogP contribution in [0.5, 0.6) is 0 Å². The van der Waals surface area contributed by atoms with Gasteiger partial charge in [0.1, 0.15) is 6.61 Å². The number of rotatable bonds is 4. The number of amides is 1. The van der Waals surface area contributed by atoms with Gasteiger partial charge in [-0.2, -0.15) is 0 Å². The first-order chi connectivity index (χ1) is 9.66. The second kappa shape index (κ2) is 7.29. The van der Waals surface area contributed by atoms with Crippen molar-refractivity contribution in [2.45, 2.75) is 51.4 Å². The predicted molar refractivity (Wildman–Crippen MR) is 77.3 cm³/mol. The number of aliphatic hydroxyl groups excluding tert-OH is 1. The standard InChI is InChI=1S/C16H23NO3/c1-13(18)11-15-9-5-6-10-17(15)16(19)20-12-14-7-3-2-4-8-14/h2-4,7-8,13,15,18H,5-6,9-12H2,1H3/t13-,15+/m1/s1. The van der Waals surface area contributed by atoms with Crippen molar-refractivity contribution in [2.75, 3.05) is 6.54 Å². The maximum absolute atomic E-state index is 12.2. The number of aliphatic hydroxyl groups is 1. The average Bonchev–Trinajstić information content (AvgIpc) is 2.46. The lowest BCUT2D eigenvalue weighted by Crippen LogP contribution is -2.45. The Kier molecular flexibility index (Phi) is 5.41. The number of ether oxygens (including phenoxy) is 1. The molecule has 1 fully saturated rings. The molecule has 0 aromatic heterocycles. The van der Waals surface area contributed by atoms with E-state index in [9.17, 15) is 9.90 Å². The number of benzene rings is 1. The first-order valence-corrected chi connectivity index (χ1v) is 7.32. The Bertz CT molecular complexity index is 419. The van der Waals surface area contributed by atoms with E-state index in [1.807, 2.05) is 30.3 Å². The topological polar surface area (TPSA) is 49.8 Å². The van der Waals surface area contributed by atoms with Gasteiger partial charge in [0, 0.05) is 12.6 Å². The highest BCUT2D eigenvalue weighted by Crippen LogP contribution is 2.22. The van der Waals surface area contributed by atoms with E-state index in [0.29, 0.717) is 13.0 Å². The van der Waals surface area contributed by atoms with Crippen LogP contribution in [-0.2, 0) is 11.3 Å². The van der Waals surface area contributed by atoms with Crippen LogP contribution in [0.4, 0.5) is 4.79 Å². The summed E-state index contributed by atoms with van der Waals surface area (Å²) in [6.07, 6.45) is 3.05. The molecule has 1 aliphatic rings. The van der Waals surface area contributed by atoms with Gasteiger partial charge in [-0.3, -0.25) is 0 Å². The Balaban J connectivity index is 1.89. The normalized spacial score (nSPS) is 20.5. The molecule has 1 N–H and O–H groups in total. The summed E-state index contributed by atoms with van der Waals surface area (Å²) in [5.41, 5.74) is 0.991. The van der Waals surface area contributed by atoms with Crippen molar-refractivity contribution in [2.24, 2.45) is 0 Å². The Hall–Kier alpha value is -1.55. The van der Waals surface area contributed by atoms with Gasteiger partial charge in [-0.25, -0.2) is 4.79 Å². The molecule has 0 saturated carbocycles. The van der Waals surface area contributed by atoms with Crippen LogP contribution >= 0.6 is 0 Å². The van der Waals surface area contributed by atoms with Crippen LogP contribution in [-0.4, -0.2) is 34.8 Å². The van der Waals surface area contributed by atoms with Gasteiger partial charge in [0.25, 0.3) is 0 Å². The predicted octanol–water partition coefficient (Wildman–Crippen LogP) is 2.95. The van der Waals surface area contributed by atoms with E-state index < -0.39 is 0 Å². The lowest BCUT2D eigenvalue weighted by Gasteiger charge is -2.35. The second-order valence-electron chi connectivity index (χ2n) is 5.47. The third-order valence-corrected chi connectivity index (χ3v) is 3.68. The molecule has 1 heterocycles. The molecule has 1 amide bonds. The molecule has 1 saturated heterocycles. The minimum Gasteiger partial charge on any atom is -0.445 e. The quantitative estimate of drug-likeness (QED) is 0.920. The monoisotopic (exact) mass is 277 g/mol. The van der Waals surface area contributed by atoms with Crippen molar-refractivity contribution in [1.29, 1.82) is 0 Å². The van der Waals surface area contributed by atoms with Crippen LogP contribution in [0, 0.1) is 0 Å². The van der Waals surface area contributed by atoms with E-state index in [4.69, 9.17) is 4.74 Å². The van der Waals surface area contributed by atoms with Gasteiger partial charge in [-0.05, 0) is 38.2 Å². The zero-order valence-corrected chi connectivity index (χ0v) is 12.0. The molecule has 0 unspecified atom stereocenters. The van der Waals surface area contributed by atoms with E-state index in [-0.39, 0.29) is 18.2 Å². The number of carbonyl (C=O) groups is 1. The molecular formula is C16H23NO3. The van der Waals surface area contributed by atoms with Gasteiger partial charge in [-0.1, -0.05) is 30.3 Å². The molecule has 4 heteroatoms. The largest absolute Gasteiger partial charge is 0.445 e. The summed E-state index contributed by atoms with van der Waals surface area (Å²) in [5, 5.41) is 9.53. The van der Waals surface area contributed by atoms with E-state index >= 15 is 0 Å². The van der Waals surface area contributed by atoms with Crippen LogP contribution in [0.1, 0.15) is 38.2 Å². The average molecular weight is 277 g/mol. The van der Waals surface area contributed by atoms with Crippen molar-refractivity contribution < 1.29 is 14.6 Å². The van der Waals surface area contributed by atoms with Crippen LogP contribution in [0.3, 0.4) is 0 Å². The van der Waals surface area contributed by atoms with Crippen LogP contribution in [0.2, 0.25) is 0 Å². The first kappa shape index (κ1) is 14.9. The third-order valence-electron chi connectivity index (χ3n) is 3.68. The van der Waals surface area contributed by atoms with Crippen molar-refractivity contribution in [1.82, 2.24) is 4.90 Å². The van der Waals surface area contributed by atoms with E-state index in [0.717, 1.165) is 31.4 Å². The Labute approximate surface area is 120 Å². The summed E-state index contributed by atoms with van der Waals surface area (Å²) in [6, 6.07) is 9.79. The maximum Gasteiger partial charge on any atom is 0.410 e. The molecule has 1 aliphatic heterocycles. The van der Waals surface area contributed by atoms with Gasteiger partial charge in [0.05, 0.1) is 6.10 Å². The number of piperidine rings is 1. The Morgan fingerprint density at radius 2 is 2.15 bits per heavy atom. The summed E-state index contributed by atoms with van der Waals surface area (Å²) in [4.78, 5) is 14.0. The molecule has 0 radical (unpaired) electrons. The highest BCUT2D eigenvalue weighted by atomic mass is 16.6. The minimum absolute atomic E-state index is 0.104. The number of nitrogens with zero attached hydrogens (tertiary/aromatic N) is 1. The van der Waals surface area contributed by atoms with E-state index in [1.54, 1.807) is 11.8 Å². The van der Waals surface area contributed by atoms with Crippen molar-refractivity contribution in [3.05, 3.63) is 35.9 Å². The maximum atomic E-state index is 12.2. The third kappa shape index (κ3) is 4.23. The van der Waals surface area contributed by atoms with E-state index in [2.05, 4.69) is 0 Å². The highest BCUT2D eigenvalue weighted by molar-refractivity contribution is 5.68. The summed E-state index contributed by atoms with van der Waals surface area (Å²) >= 11 is 0. The highest BCUT2D eigenvalue weighted by Gasteiger charge is 2.28. The molecule has 110 valence electrons. The van der Waals surface area contributed by atoms with Crippen molar-refractivity contribution in [3.63, 3.8) is 0 Å². The van der Waals surface area contributed by atoms with Gasteiger partial charge in [0.15, 0.2) is 0 Å². The zero-order valence-electron chi connectivity index (χ0n) is 12.0. The second-order valence-corrected chi connectivity index (χ2v) is 5.47. The van der Waals surface area contributed by atoms with Crippen LogP contribution in [0.25, 0.3) is 0 Å². The number of hydrogen-bond acceptors (Lipinski definition) is 3. The zero-order chi connectivity index (χ0) is 14.4. The summed E-state index contributed by atoms with van der Waals surface area (Å²) in [6.45, 7) is 2.80. The van der Waals surface area contributed by atoms with Crippen molar-refractivity contribution in [3.8, 4) is 0 Å². The van der Waals surface area contributed by atoms with Crippen LogP contribution in [0.15, 0.2) is 30.3 Å². The van der Waals surface area contributed by atoms with E-state index in [1.165, 1.54) is 0 Å². The van der Waals surface area contributed by atoms with Crippen molar-refractivity contribution >= 4 is 6.09 Å². The fraction of sp³-hybridized carbons (Fsp3) is 0.562. The Morgan fingerprint density at radius 1 is 1.40 bits per heavy atom. The van der Waals surface area contributed by atoms with Crippen LogP contribution < -0.4 is 0 Å². The summed E-state index contributed by atoms with van der Waals surface area (Å²) in [7, 11) is 0. The molecule has 4 nitrogen and oxygen atoms in total. The SMILES string of the molecule is C[C@@H](O)C[C@@H]1CCCCN1C(=O)OCc1ccccc1. The molecule has 0 bridgehead atoms. The summed E-state index contributed by atoms with van der Waals surface area (Å²) in [5.74, 6) is 0. The molecule has 20 heavy (non-hydrogen) atoms. The molecule has 1 aromatic rings. The minimum atomic E-state index is -0.387. The molecule has 0 aliphatic carbocycles. The molecule has 2 rings (SSSR count). The smallest absolute Gasteiger partial charge is 0.410 e.